The molecule has 0 spiro atoms. The minimum atomic E-state index is -0.342. The second kappa shape index (κ2) is 6.35. The molecule has 1 saturated carbocycles. The summed E-state index contributed by atoms with van der Waals surface area (Å²) < 4.78 is 12.9. The van der Waals surface area contributed by atoms with Crippen molar-refractivity contribution < 1.29 is 9.18 Å². The highest BCUT2D eigenvalue weighted by atomic mass is 19.1. The summed E-state index contributed by atoms with van der Waals surface area (Å²) in [5, 5.41) is 2.95. The molecule has 3 N–H and O–H groups in total. The normalized spacial score (nSPS) is 19.4. The maximum atomic E-state index is 12.9. The van der Waals surface area contributed by atoms with Crippen LogP contribution in [0.25, 0.3) is 0 Å². The van der Waals surface area contributed by atoms with Crippen molar-refractivity contribution in [2.24, 2.45) is 5.73 Å². The molecule has 0 aliphatic heterocycles. The molecule has 110 valence electrons. The third-order valence-corrected chi connectivity index (χ3v) is 4.11. The molecule has 4 heteroatoms. The highest BCUT2D eigenvalue weighted by molar-refractivity contribution is 5.77. The second-order valence-electron chi connectivity index (χ2n) is 5.94. The molecule has 20 heavy (non-hydrogen) atoms. The number of benzene rings is 1. The van der Waals surface area contributed by atoms with Gasteiger partial charge in [-0.1, -0.05) is 31.4 Å². The van der Waals surface area contributed by atoms with Crippen LogP contribution in [-0.2, 0) is 4.79 Å². The topological polar surface area (TPSA) is 55.1 Å². The molecule has 1 aliphatic carbocycles. The molecule has 1 aliphatic rings. The Balaban J connectivity index is 1.89. The van der Waals surface area contributed by atoms with E-state index in [1.807, 2.05) is 6.92 Å². The Labute approximate surface area is 119 Å². The maximum absolute atomic E-state index is 12.9. The summed E-state index contributed by atoms with van der Waals surface area (Å²) in [7, 11) is 0. The lowest BCUT2D eigenvalue weighted by atomic mass is 9.80. The average molecular weight is 278 g/mol. The number of hydrogen-bond donors (Lipinski definition) is 2. The van der Waals surface area contributed by atoms with Crippen molar-refractivity contribution in [3.63, 3.8) is 0 Å². The lowest BCUT2D eigenvalue weighted by Crippen LogP contribution is -2.46. The van der Waals surface area contributed by atoms with E-state index in [4.69, 9.17) is 5.73 Å². The van der Waals surface area contributed by atoms with Crippen LogP contribution < -0.4 is 11.1 Å². The second-order valence-corrected chi connectivity index (χ2v) is 5.94. The van der Waals surface area contributed by atoms with Gasteiger partial charge in [0, 0.05) is 12.0 Å². The molecular formula is C16H23FN2O. The Kier molecular flexibility index (Phi) is 4.76. The van der Waals surface area contributed by atoms with Crippen LogP contribution in [0.15, 0.2) is 24.3 Å². The fourth-order valence-electron chi connectivity index (χ4n) is 2.88. The SMILES string of the molecule is CC(NC(=O)CC1(N)CCCCC1)c1ccc(F)cc1. The van der Waals surface area contributed by atoms with Gasteiger partial charge in [-0.25, -0.2) is 4.39 Å². The van der Waals surface area contributed by atoms with E-state index in [0.717, 1.165) is 31.2 Å². The van der Waals surface area contributed by atoms with Crippen LogP contribution in [0.3, 0.4) is 0 Å². The van der Waals surface area contributed by atoms with Gasteiger partial charge in [0.1, 0.15) is 5.82 Å². The molecule has 1 amide bonds. The van der Waals surface area contributed by atoms with Gasteiger partial charge < -0.3 is 11.1 Å². The van der Waals surface area contributed by atoms with Crippen molar-refractivity contribution in [1.29, 1.82) is 0 Å². The van der Waals surface area contributed by atoms with Gasteiger partial charge in [0.2, 0.25) is 5.91 Å². The molecule has 0 radical (unpaired) electrons. The van der Waals surface area contributed by atoms with Crippen molar-refractivity contribution in [2.75, 3.05) is 0 Å². The van der Waals surface area contributed by atoms with E-state index in [2.05, 4.69) is 5.32 Å². The first-order valence-electron chi connectivity index (χ1n) is 7.32. The number of nitrogens with two attached hydrogens (primary N) is 1. The molecule has 1 aromatic carbocycles. The zero-order valence-corrected chi connectivity index (χ0v) is 12.0. The number of carbonyl (C=O) groups excluding carboxylic acids is 1. The van der Waals surface area contributed by atoms with Crippen molar-refractivity contribution in [1.82, 2.24) is 5.32 Å². The Morgan fingerprint density at radius 2 is 1.90 bits per heavy atom. The molecule has 3 nitrogen and oxygen atoms in total. The smallest absolute Gasteiger partial charge is 0.222 e. The van der Waals surface area contributed by atoms with Gasteiger partial charge >= 0.3 is 0 Å². The van der Waals surface area contributed by atoms with E-state index in [1.54, 1.807) is 12.1 Å². The van der Waals surface area contributed by atoms with E-state index in [1.165, 1.54) is 18.6 Å². The van der Waals surface area contributed by atoms with Crippen LogP contribution in [0, 0.1) is 5.82 Å². The Morgan fingerprint density at radius 1 is 1.30 bits per heavy atom. The molecule has 1 aromatic rings. The first-order valence-corrected chi connectivity index (χ1v) is 7.32. The fraction of sp³-hybridized carbons (Fsp3) is 0.562. The van der Waals surface area contributed by atoms with Gasteiger partial charge in [-0.3, -0.25) is 4.79 Å². The van der Waals surface area contributed by atoms with E-state index in [9.17, 15) is 9.18 Å². The van der Waals surface area contributed by atoms with Gasteiger partial charge in [0.05, 0.1) is 6.04 Å². The maximum Gasteiger partial charge on any atom is 0.222 e. The quantitative estimate of drug-likeness (QED) is 0.889. The summed E-state index contributed by atoms with van der Waals surface area (Å²) in [5.74, 6) is -0.290. The zero-order valence-electron chi connectivity index (χ0n) is 12.0. The predicted octanol–water partition coefficient (Wildman–Crippen LogP) is 3.05. The Morgan fingerprint density at radius 3 is 2.50 bits per heavy atom. The third-order valence-electron chi connectivity index (χ3n) is 4.11. The fourth-order valence-corrected chi connectivity index (χ4v) is 2.88. The van der Waals surface area contributed by atoms with Gasteiger partial charge in [-0.2, -0.15) is 0 Å². The lowest BCUT2D eigenvalue weighted by molar-refractivity contribution is -0.123. The number of rotatable bonds is 4. The minimum Gasteiger partial charge on any atom is -0.350 e. The summed E-state index contributed by atoms with van der Waals surface area (Å²) >= 11 is 0. The summed E-state index contributed by atoms with van der Waals surface area (Å²) in [6, 6.07) is 6.07. The summed E-state index contributed by atoms with van der Waals surface area (Å²) in [4.78, 5) is 12.1. The molecule has 1 unspecified atom stereocenters. The molecule has 1 atom stereocenters. The van der Waals surface area contributed by atoms with Crippen LogP contribution >= 0.6 is 0 Å². The molecule has 0 aromatic heterocycles. The lowest BCUT2D eigenvalue weighted by Gasteiger charge is -2.33. The Bertz CT molecular complexity index is 452. The van der Waals surface area contributed by atoms with E-state index < -0.39 is 0 Å². The molecule has 0 heterocycles. The van der Waals surface area contributed by atoms with E-state index in [-0.39, 0.29) is 23.3 Å². The van der Waals surface area contributed by atoms with Crippen molar-refractivity contribution in [3.8, 4) is 0 Å². The van der Waals surface area contributed by atoms with Crippen LogP contribution in [0.4, 0.5) is 4.39 Å². The van der Waals surface area contributed by atoms with Crippen LogP contribution in [-0.4, -0.2) is 11.4 Å². The number of hydrogen-bond acceptors (Lipinski definition) is 2. The van der Waals surface area contributed by atoms with Crippen molar-refractivity contribution in [2.45, 2.75) is 57.0 Å². The zero-order chi connectivity index (χ0) is 14.6. The van der Waals surface area contributed by atoms with Crippen LogP contribution in [0.1, 0.15) is 57.1 Å². The monoisotopic (exact) mass is 278 g/mol. The average Bonchev–Trinajstić information content (AvgIpc) is 2.39. The highest BCUT2D eigenvalue weighted by Crippen LogP contribution is 2.28. The van der Waals surface area contributed by atoms with Gasteiger partial charge in [0.15, 0.2) is 0 Å². The largest absolute Gasteiger partial charge is 0.350 e. The standard InChI is InChI=1S/C16H23FN2O/c1-12(13-5-7-14(17)8-6-13)19-15(20)11-16(18)9-3-2-4-10-16/h5-8,12H,2-4,9-11,18H2,1H3,(H,19,20). The van der Waals surface area contributed by atoms with Crippen LogP contribution in [0.5, 0.6) is 0 Å². The Hall–Kier alpha value is -1.42. The highest BCUT2D eigenvalue weighted by Gasteiger charge is 2.30. The number of nitrogens with one attached hydrogen (secondary N) is 1. The molecular weight excluding hydrogens is 255 g/mol. The molecule has 1 fully saturated rings. The summed E-state index contributed by atoms with van der Waals surface area (Å²) in [6.45, 7) is 1.90. The summed E-state index contributed by atoms with van der Waals surface area (Å²) in [6.07, 6.45) is 5.65. The molecule has 2 rings (SSSR count). The summed E-state index contributed by atoms with van der Waals surface area (Å²) in [5.41, 5.74) is 6.84. The molecule has 0 bridgehead atoms. The van der Waals surface area contributed by atoms with Gasteiger partial charge in [-0.15, -0.1) is 0 Å². The van der Waals surface area contributed by atoms with Gasteiger partial charge in [-0.05, 0) is 37.5 Å². The number of carbonyl (C=O) groups is 1. The predicted molar refractivity (Wildman–Crippen MR) is 77.6 cm³/mol. The molecule has 0 saturated heterocycles. The number of halogens is 1. The third kappa shape index (κ3) is 4.04. The van der Waals surface area contributed by atoms with Crippen molar-refractivity contribution in [3.05, 3.63) is 35.6 Å². The van der Waals surface area contributed by atoms with Gasteiger partial charge in [0.25, 0.3) is 0 Å². The minimum absolute atomic E-state index is 0.0220. The number of amides is 1. The van der Waals surface area contributed by atoms with Crippen molar-refractivity contribution >= 4 is 5.91 Å². The van der Waals surface area contributed by atoms with E-state index >= 15 is 0 Å². The first-order chi connectivity index (χ1) is 9.48. The van der Waals surface area contributed by atoms with E-state index in [0.29, 0.717) is 6.42 Å². The first kappa shape index (κ1) is 15.0. The van der Waals surface area contributed by atoms with Crippen LogP contribution in [0.2, 0.25) is 0 Å².